The Morgan fingerprint density at radius 3 is 1.79 bits per heavy atom. The van der Waals surface area contributed by atoms with Crippen molar-refractivity contribution < 1.29 is 14.3 Å². The number of hydrogen-bond acceptors (Lipinski definition) is 3. The number of carboxylic acids is 1. The molecule has 2 aromatic carbocycles. The number of anilines is 1. The van der Waals surface area contributed by atoms with Crippen molar-refractivity contribution >= 4 is 22.8 Å². The lowest BCUT2D eigenvalue weighted by atomic mass is 9.91. The summed E-state index contributed by atoms with van der Waals surface area (Å²) in [5.41, 5.74) is 4.78. The van der Waals surface area contributed by atoms with Gasteiger partial charge in [0.15, 0.2) is 0 Å². The number of nitrogens with zero attached hydrogens (tertiary/aromatic N) is 1. The number of carbonyl (C=O) groups is 1. The Hall–Kier alpha value is -3.27. The first-order valence-electron chi connectivity index (χ1n) is 10.1. The van der Waals surface area contributed by atoms with Crippen LogP contribution in [-0.4, -0.2) is 24.2 Å². The monoisotopic (exact) mass is 387 g/mol. The molecule has 1 aliphatic rings. The summed E-state index contributed by atoms with van der Waals surface area (Å²) in [6, 6.07) is 25.2. The molecule has 3 heterocycles. The van der Waals surface area contributed by atoms with Gasteiger partial charge in [-0.05, 0) is 66.8 Å². The first-order valence-corrected chi connectivity index (χ1v) is 10.1. The van der Waals surface area contributed by atoms with Gasteiger partial charge in [0.25, 0.3) is 0 Å². The van der Waals surface area contributed by atoms with Crippen molar-refractivity contribution in [3.63, 3.8) is 0 Å². The van der Waals surface area contributed by atoms with Crippen molar-refractivity contribution in [3.05, 3.63) is 90.0 Å². The third-order valence-electron chi connectivity index (χ3n) is 5.39. The van der Waals surface area contributed by atoms with Crippen LogP contribution in [-0.2, 0) is 4.79 Å². The van der Waals surface area contributed by atoms with Crippen LogP contribution in [0.2, 0.25) is 0 Å². The molecular formula is C25H25NO3. The lowest BCUT2D eigenvalue weighted by Gasteiger charge is -2.29. The maximum atomic E-state index is 11.7. The standard InChI is InChI=1S/C19H21NO2.C6H4O/c21-19(22)18(15-7-3-1-4-8-15)16-9-11-17(12-10-16)20-13-5-2-6-14-20;1-2-6-4-3-5(1)7-6/h1,3-4,7-12,18H,2,5-6,13-14H2,(H,21,22);1-4H. The summed E-state index contributed by atoms with van der Waals surface area (Å²) in [4.78, 5) is 14.1. The maximum Gasteiger partial charge on any atom is 0.315 e. The fourth-order valence-electron chi connectivity index (χ4n) is 3.86. The first-order chi connectivity index (χ1) is 14.2. The summed E-state index contributed by atoms with van der Waals surface area (Å²) in [5.74, 6) is -1.41. The van der Waals surface area contributed by atoms with E-state index in [1.807, 2.05) is 66.7 Å². The van der Waals surface area contributed by atoms with Crippen LogP contribution in [0.3, 0.4) is 0 Å². The van der Waals surface area contributed by atoms with Crippen LogP contribution < -0.4 is 4.90 Å². The largest absolute Gasteiger partial charge is 0.481 e. The van der Waals surface area contributed by atoms with Crippen molar-refractivity contribution in [2.45, 2.75) is 25.2 Å². The SMILES string of the molecule is O=C(O)C(c1ccccc1)c1ccc(N2CCCCC2)cc1.c1cc2ccc1o2. The van der Waals surface area contributed by atoms with Gasteiger partial charge in [-0.15, -0.1) is 0 Å². The number of piperidine rings is 1. The van der Waals surface area contributed by atoms with E-state index < -0.39 is 11.9 Å². The minimum absolute atomic E-state index is 0.600. The van der Waals surface area contributed by atoms with E-state index in [0.29, 0.717) is 0 Å². The molecule has 1 atom stereocenters. The van der Waals surface area contributed by atoms with Gasteiger partial charge >= 0.3 is 5.97 Å². The zero-order chi connectivity index (χ0) is 20.1. The second kappa shape index (κ2) is 8.82. The highest BCUT2D eigenvalue weighted by molar-refractivity contribution is 5.80. The fourth-order valence-corrected chi connectivity index (χ4v) is 3.86. The second-order valence-corrected chi connectivity index (χ2v) is 7.39. The zero-order valence-corrected chi connectivity index (χ0v) is 16.3. The quantitative estimate of drug-likeness (QED) is 0.483. The number of hydrogen-bond donors (Lipinski definition) is 1. The number of furan rings is 2. The summed E-state index contributed by atoms with van der Waals surface area (Å²) in [6.07, 6.45) is 3.79. The summed E-state index contributed by atoms with van der Waals surface area (Å²) in [6.45, 7) is 2.20. The summed E-state index contributed by atoms with van der Waals surface area (Å²) in [7, 11) is 0. The van der Waals surface area contributed by atoms with E-state index in [2.05, 4.69) is 17.0 Å². The zero-order valence-electron chi connectivity index (χ0n) is 16.3. The number of aliphatic carboxylic acids is 1. The molecule has 0 radical (unpaired) electrons. The normalized spacial score (nSPS) is 15.0. The molecule has 1 unspecified atom stereocenters. The fraction of sp³-hybridized carbons (Fsp3) is 0.240. The first kappa shape index (κ1) is 19.1. The molecule has 0 saturated carbocycles. The van der Waals surface area contributed by atoms with Crippen LogP contribution in [0.1, 0.15) is 36.3 Å². The molecule has 1 saturated heterocycles. The summed E-state index contributed by atoms with van der Waals surface area (Å²) < 4.78 is 5.08. The lowest BCUT2D eigenvalue weighted by Crippen LogP contribution is -2.29. The van der Waals surface area contributed by atoms with Gasteiger partial charge in [-0.1, -0.05) is 42.5 Å². The van der Waals surface area contributed by atoms with E-state index in [-0.39, 0.29) is 0 Å². The van der Waals surface area contributed by atoms with Crippen LogP contribution in [0.25, 0.3) is 11.2 Å². The molecule has 1 aliphatic heterocycles. The van der Waals surface area contributed by atoms with Gasteiger partial charge in [-0.25, -0.2) is 0 Å². The van der Waals surface area contributed by atoms with Crippen LogP contribution >= 0.6 is 0 Å². The minimum atomic E-state index is -0.808. The average molecular weight is 387 g/mol. The molecule has 4 aromatic rings. The molecule has 1 N–H and O–H groups in total. The van der Waals surface area contributed by atoms with Gasteiger partial charge in [0, 0.05) is 18.8 Å². The Morgan fingerprint density at radius 1 is 0.759 bits per heavy atom. The van der Waals surface area contributed by atoms with Crippen LogP contribution in [0, 0.1) is 0 Å². The van der Waals surface area contributed by atoms with Gasteiger partial charge < -0.3 is 14.4 Å². The molecule has 0 aliphatic carbocycles. The topological polar surface area (TPSA) is 53.7 Å². The number of carboxylic acid groups (broad SMARTS) is 1. The van der Waals surface area contributed by atoms with Gasteiger partial charge in [0.2, 0.25) is 0 Å². The van der Waals surface area contributed by atoms with Crippen molar-refractivity contribution in [1.82, 2.24) is 0 Å². The predicted octanol–water partition coefficient (Wildman–Crippen LogP) is 5.76. The molecular weight excluding hydrogens is 362 g/mol. The molecule has 2 aromatic heterocycles. The van der Waals surface area contributed by atoms with E-state index in [1.54, 1.807) is 0 Å². The molecule has 4 heteroatoms. The highest BCUT2D eigenvalue weighted by atomic mass is 16.4. The molecule has 0 amide bonds. The Morgan fingerprint density at radius 2 is 1.31 bits per heavy atom. The van der Waals surface area contributed by atoms with Gasteiger partial charge in [0.05, 0.1) is 0 Å². The predicted molar refractivity (Wildman–Crippen MR) is 116 cm³/mol. The third-order valence-corrected chi connectivity index (χ3v) is 5.39. The van der Waals surface area contributed by atoms with Gasteiger partial charge in [-0.3, -0.25) is 4.79 Å². The van der Waals surface area contributed by atoms with E-state index in [0.717, 1.165) is 35.4 Å². The molecule has 5 rings (SSSR count). The summed E-state index contributed by atoms with van der Waals surface area (Å²) in [5, 5.41) is 9.59. The van der Waals surface area contributed by atoms with E-state index in [1.165, 1.54) is 24.9 Å². The van der Waals surface area contributed by atoms with Crippen LogP contribution in [0.4, 0.5) is 5.69 Å². The van der Waals surface area contributed by atoms with Gasteiger partial charge in [0.1, 0.15) is 17.1 Å². The Kier molecular flexibility index (Phi) is 5.80. The molecule has 1 fully saturated rings. The maximum absolute atomic E-state index is 11.7. The van der Waals surface area contributed by atoms with Crippen molar-refractivity contribution in [3.8, 4) is 0 Å². The molecule has 4 nitrogen and oxygen atoms in total. The molecule has 2 bridgehead atoms. The highest BCUT2D eigenvalue weighted by Gasteiger charge is 2.22. The molecule has 148 valence electrons. The summed E-state index contributed by atoms with van der Waals surface area (Å²) >= 11 is 0. The lowest BCUT2D eigenvalue weighted by molar-refractivity contribution is -0.137. The minimum Gasteiger partial charge on any atom is -0.481 e. The van der Waals surface area contributed by atoms with Crippen LogP contribution in [0.5, 0.6) is 0 Å². The van der Waals surface area contributed by atoms with Crippen molar-refractivity contribution in [2.75, 3.05) is 18.0 Å². The Balaban J connectivity index is 0.000000243. The Labute approximate surface area is 170 Å². The van der Waals surface area contributed by atoms with Gasteiger partial charge in [-0.2, -0.15) is 0 Å². The van der Waals surface area contributed by atoms with Crippen LogP contribution in [0.15, 0.2) is 83.3 Å². The molecule has 0 spiro atoms. The van der Waals surface area contributed by atoms with E-state index in [9.17, 15) is 9.90 Å². The van der Waals surface area contributed by atoms with E-state index >= 15 is 0 Å². The van der Waals surface area contributed by atoms with Crippen molar-refractivity contribution in [2.24, 2.45) is 0 Å². The number of rotatable bonds is 4. The molecule has 29 heavy (non-hydrogen) atoms. The van der Waals surface area contributed by atoms with Crippen molar-refractivity contribution in [1.29, 1.82) is 0 Å². The second-order valence-electron chi connectivity index (χ2n) is 7.39. The third kappa shape index (κ3) is 4.60. The smallest absolute Gasteiger partial charge is 0.315 e. The number of fused-ring (bicyclic) bond motifs is 2. The highest BCUT2D eigenvalue weighted by Crippen LogP contribution is 2.28. The number of benzene rings is 3. The Bertz CT molecular complexity index is 972. The average Bonchev–Trinajstić information content (AvgIpc) is 3.42. The van der Waals surface area contributed by atoms with E-state index in [4.69, 9.17) is 4.42 Å².